The maximum atomic E-state index is 15.2. The van der Waals surface area contributed by atoms with Gasteiger partial charge in [-0.1, -0.05) is 18.5 Å². The van der Waals surface area contributed by atoms with Gasteiger partial charge >= 0.3 is 0 Å². The number of imidazole rings is 1. The molecular formula is C20H21ClFN7O2S. The second kappa shape index (κ2) is 9.88. The van der Waals surface area contributed by atoms with Crippen molar-refractivity contribution in [1.29, 1.82) is 0 Å². The van der Waals surface area contributed by atoms with Crippen LogP contribution in [0, 0.1) is 5.82 Å². The van der Waals surface area contributed by atoms with Crippen molar-refractivity contribution in [2.45, 2.75) is 13.3 Å². The van der Waals surface area contributed by atoms with E-state index in [0.29, 0.717) is 29.2 Å². The van der Waals surface area contributed by atoms with Gasteiger partial charge in [0.05, 0.1) is 34.2 Å². The third-order valence-electron chi connectivity index (χ3n) is 4.37. The average Bonchev–Trinajstić information content (AvgIpc) is 3.23. The summed E-state index contributed by atoms with van der Waals surface area (Å²) in [5.41, 5.74) is 1.11. The Bertz CT molecular complexity index is 1270. The minimum Gasteiger partial charge on any atom is -0.341 e. The fourth-order valence-corrected chi connectivity index (χ4v) is 4.32. The molecule has 3 aromatic rings. The number of aromatic nitrogens is 3. The van der Waals surface area contributed by atoms with Crippen LogP contribution in [0.1, 0.15) is 24.6 Å². The van der Waals surface area contributed by atoms with E-state index in [1.54, 1.807) is 26.1 Å². The van der Waals surface area contributed by atoms with Crippen molar-refractivity contribution in [3.05, 3.63) is 58.9 Å². The summed E-state index contributed by atoms with van der Waals surface area (Å²) in [5, 5.41) is 2.91. The van der Waals surface area contributed by atoms with Crippen molar-refractivity contribution in [3.8, 4) is 0 Å². The van der Waals surface area contributed by atoms with E-state index < -0.39 is 15.8 Å². The standard InChI is InChI=1S/C20H21ClFN7O2S/c1-4-10-32(30,31)29-14-8-7-13(21)17(15(14)22)28-19-12(6-5-9-25-19)16(23-2)18-20(24-3)27-11-26-18/h5-9,11,29H,3-4,10H2,1-2H3,(H,25,28)(H,26,27). The molecule has 0 spiro atoms. The number of sulfonamides is 1. The van der Waals surface area contributed by atoms with Crippen LogP contribution in [0.3, 0.4) is 0 Å². The van der Waals surface area contributed by atoms with Gasteiger partial charge in [0, 0.05) is 18.8 Å². The lowest BCUT2D eigenvalue weighted by Crippen LogP contribution is -2.17. The Morgan fingerprint density at radius 2 is 2.09 bits per heavy atom. The fraction of sp³-hybridized carbons (Fsp3) is 0.200. The van der Waals surface area contributed by atoms with Crippen LogP contribution in [-0.4, -0.2) is 48.6 Å². The number of nitrogens with zero attached hydrogens (tertiary/aromatic N) is 4. The van der Waals surface area contributed by atoms with Gasteiger partial charge in [-0.25, -0.2) is 27.8 Å². The molecule has 0 radical (unpaired) electrons. The Morgan fingerprint density at radius 1 is 1.31 bits per heavy atom. The average molecular weight is 478 g/mol. The van der Waals surface area contributed by atoms with Crippen LogP contribution in [0.25, 0.3) is 0 Å². The zero-order chi connectivity index (χ0) is 23.3. The highest BCUT2D eigenvalue weighted by Gasteiger charge is 2.21. The monoisotopic (exact) mass is 477 g/mol. The van der Waals surface area contributed by atoms with Crippen molar-refractivity contribution < 1.29 is 12.8 Å². The largest absolute Gasteiger partial charge is 0.341 e. The first-order chi connectivity index (χ1) is 15.3. The second-order valence-corrected chi connectivity index (χ2v) is 8.81. The maximum Gasteiger partial charge on any atom is 0.232 e. The number of nitrogens with one attached hydrogen (secondary N) is 3. The van der Waals surface area contributed by atoms with Gasteiger partial charge in [-0.3, -0.25) is 9.71 Å². The predicted octanol–water partition coefficient (Wildman–Crippen LogP) is 4.29. The Balaban J connectivity index is 2.04. The molecule has 0 aliphatic rings. The third kappa shape index (κ3) is 4.94. The Hall–Kier alpha value is -3.31. The zero-order valence-electron chi connectivity index (χ0n) is 17.4. The molecule has 0 bridgehead atoms. The van der Waals surface area contributed by atoms with Crippen molar-refractivity contribution in [3.63, 3.8) is 0 Å². The van der Waals surface area contributed by atoms with E-state index in [9.17, 15) is 8.42 Å². The molecule has 0 aliphatic heterocycles. The number of anilines is 3. The molecule has 2 aromatic heterocycles. The summed E-state index contributed by atoms with van der Waals surface area (Å²) in [7, 11) is -2.12. The van der Waals surface area contributed by atoms with Gasteiger partial charge in [0.15, 0.2) is 11.6 Å². The number of pyridine rings is 1. The van der Waals surface area contributed by atoms with Crippen molar-refractivity contribution in [2.75, 3.05) is 22.8 Å². The molecule has 0 aliphatic carbocycles. The Kier molecular flexibility index (Phi) is 7.21. The number of benzene rings is 1. The van der Waals surface area contributed by atoms with Gasteiger partial charge in [0.2, 0.25) is 10.0 Å². The molecule has 12 heteroatoms. The van der Waals surface area contributed by atoms with Gasteiger partial charge in [0.25, 0.3) is 0 Å². The number of hydrogen-bond acceptors (Lipinski definition) is 7. The van der Waals surface area contributed by atoms with E-state index in [1.165, 1.54) is 24.7 Å². The Labute approximate surface area is 190 Å². The quantitative estimate of drug-likeness (QED) is 0.396. The highest BCUT2D eigenvalue weighted by molar-refractivity contribution is 7.92. The van der Waals surface area contributed by atoms with Crippen LogP contribution in [0.2, 0.25) is 5.02 Å². The fourth-order valence-electron chi connectivity index (χ4n) is 3.00. The molecule has 0 amide bonds. The van der Waals surface area contributed by atoms with Gasteiger partial charge < -0.3 is 10.3 Å². The van der Waals surface area contributed by atoms with Crippen molar-refractivity contribution >= 4 is 57.1 Å². The van der Waals surface area contributed by atoms with Crippen molar-refractivity contribution in [1.82, 2.24) is 15.0 Å². The van der Waals surface area contributed by atoms with Crippen LogP contribution in [0.5, 0.6) is 0 Å². The van der Waals surface area contributed by atoms with Gasteiger partial charge in [-0.2, -0.15) is 0 Å². The summed E-state index contributed by atoms with van der Waals surface area (Å²) in [5.74, 6) is -0.412. The number of hydrogen-bond donors (Lipinski definition) is 3. The lowest BCUT2D eigenvalue weighted by molar-refractivity contribution is 0.597. The Morgan fingerprint density at radius 3 is 2.78 bits per heavy atom. The van der Waals surface area contributed by atoms with Gasteiger partial charge in [-0.05, 0) is 37.4 Å². The molecule has 1 aromatic carbocycles. The number of aromatic amines is 1. The second-order valence-electron chi connectivity index (χ2n) is 6.56. The normalized spacial score (nSPS) is 11.9. The number of aliphatic imine (C=N–C) groups is 2. The van der Waals surface area contributed by atoms with Crippen LogP contribution in [0.4, 0.5) is 27.4 Å². The van der Waals surface area contributed by atoms with Crippen LogP contribution in [0.15, 0.2) is 46.8 Å². The number of rotatable bonds is 9. The van der Waals surface area contributed by atoms with E-state index >= 15 is 4.39 Å². The minimum atomic E-state index is -3.70. The van der Waals surface area contributed by atoms with E-state index in [0.717, 1.165) is 0 Å². The van der Waals surface area contributed by atoms with Gasteiger partial charge in [0.1, 0.15) is 11.5 Å². The lowest BCUT2D eigenvalue weighted by atomic mass is 10.1. The zero-order valence-corrected chi connectivity index (χ0v) is 18.9. The topological polar surface area (TPSA) is 124 Å². The smallest absolute Gasteiger partial charge is 0.232 e. The number of halogens is 2. The molecule has 3 rings (SSSR count). The maximum absolute atomic E-state index is 15.2. The van der Waals surface area contributed by atoms with Gasteiger partial charge in [-0.15, -0.1) is 0 Å². The summed E-state index contributed by atoms with van der Waals surface area (Å²) in [6, 6.07) is 6.07. The molecule has 0 atom stereocenters. The molecule has 3 N–H and O–H groups in total. The van der Waals surface area contributed by atoms with E-state index in [1.807, 2.05) is 0 Å². The van der Waals surface area contributed by atoms with Crippen molar-refractivity contribution in [2.24, 2.45) is 9.98 Å². The summed E-state index contributed by atoms with van der Waals surface area (Å²) < 4.78 is 41.7. The highest BCUT2D eigenvalue weighted by Crippen LogP contribution is 2.34. The molecule has 0 saturated carbocycles. The molecule has 32 heavy (non-hydrogen) atoms. The first kappa shape index (κ1) is 23.4. The van der Waals surface area contributed by atoms with Crippen LogP contribution in [-0.2, 0) is 10.0 Å². The minimum absolute atomic E-state index is 0.0440. The summed E-state index contributed by atoms with van der Waals surface area (Å²) in [4.78, 5) is 19.5. The van der Waals surface area contributed by atoms with E-state index in [2.05, 4.69) is 41.7 Å². The molecule has 0 saturated heterocycles. The first-order valence-corrected chi connectivity index (χ1v) is 11.5. The molecule has 9 nitrogen and oxygen atoms in total. The van der Waals surface area contributed by atoms with Crippen LogP contribution < -0.4 is 10.0 Å². The predicted molar refractivity (Wildman–Crippen MR) is 126 cm³/mol. The summed E-state index contributed by atoms with van der Waals surface area (Å²) in [6.45, 7) is 5.21. The van der Waals surface area contributed by atoms with Crippen LogP contribution >= 0.6 is 11.6 Å². The molecule has 0 fully saturated rings. The summed E-state index contributed by atoms with van der Waals surface area (Å²) in [6.07, 6.45) is 3.36. The number of H-pyrrole nitrogens is 1. The van der Waals surface area contributed by atoms with E-state index in [4.69, 9.17) is 11.6 Å². The molecular weight excluding hydrogens is 457 g/mol. The third-order valence-corrected chi connectivity index (χ3v) is 6.16. The molecule has 168 valence electrons. The first-order valence-electron chi connectivity index (χ1n) is 9.49. The SMILES string of the molecule is C=Nc1nc[nH]c1C(=NC)c1cccnc1Nc1c(Cl)ccc(NS(=O)(=O)CCC)c1F. The summed E-state index contributed by atoms with van der Waals surface area (Å²) >= 11 is 6.22. The molecule has 2 heterocycles. The van der Waals surface area contributed by atoms with E-state index in [-0.39, 0.29) is 28.0 Å². The highest BCUT2D eigenvalue weighted by atomic mass is 35.5. The lowest BCUT2D eigenvalue weighted by Gasteiger charge is -2.16. The molecule has 0 unspecified atom stereocenters.